The molecule has 0 atom stereocenters. The molecule has 0 aliphatic rings. The molecule has 3 aromatic carbocycles. The van der Waals surface area contributed by atoms with E-state index in [1.807, 2.05) is 35.7 Å². The third-order valence-electron chi connectivity index (χ3n) is 4.56. The Hall–Kier alpha value is -2.86. The Morgan fingerprint density at radius 3 is 2.47 bits per heavy atom. The van der Waals surface area contributed by atoms with E-state index in [4.69, 9.17) is 16.0 Å². The van der Waals surface area contributed by atoms with Gasteiger partial charge in [0, 0.05) is 31.1 Å². The van der Waals surface area contributed by atoms with Crippen molar-refractivity contribution in [2.24, 2.45) is 0 Å². The van der Waals surface area contributed by atoms with Gasteiger partial charge in [0.2, 0.25) is 0 Å². The fourth-order valence-electron chi connectivity index (χ4n) is 3.09. The Labute approximate surface area is 186 Å². The summed E-state index contributed by atoms with van der Waals surface area (Å²) in [5.74, 6) is 0. The predicted octanol–water partition coefficient (Wildman–Crippen LogP) is 7.39. The molecule has 5 rings (SSSR count). The highest BCUT2D eigenvalue weighted by Crippen LogP contribution is 2.32. The monoisotopic (exact) mass is 447 g/mol. The fourth-order valence-corrected chi connectivity index (χ4v) is 4.94. The zero-order chi connectivity index (χ0) is 20.5. The van der Waals surface area contributed by atoms with E-state index < -0.39 is 5.63 Å². The SMILES string of the molecule is O=c1oc2ccc(Cl)cc2cc1-c1nc(-c2ccc(Sc3ccccc3)cc2)cs1. The van der Waals surface area contributed by atoms with Gasteiger partial charge in [0.05, 0.1) is 11.3 Å². The van der Waals surface area contributed by atoms with Crippen molar-refractivity contribution < 1.29 is 4.42 Å². The van der Waals surface area contributed by atoms with Gasteiger partial charge < -0.3 is 4.42 Å². The van der Waals surface area contributed by atoms with E-state index in [1.54, 1.807) is 36.0 Å². The van der Waals surface area contributed by atoms with Gasteiger partial charge in [0.1, 0.15) is 10.6 Å². The summed E-state index contributed by atoms with van der Waals surface area (Å²) < 4.78 is 5.44. The molecule has 0 saturated heterocycles. The van der Waals surface area contributed by atoms with Crippen molar-refractivity contribution in [2.45, 2.75) is 9.79 Å². The number of halogens is 1. The van der Waals surface area contributed by atoms with Gasteiger partial charge in [-0.3, -0.25) is 0 Å². The van der Waals surface area contributed by atoms with Crippen molar-refractivity contribution in [1.29, 1.82) is 0 Å². The van der Waals surface area contributed by atoms with E-state index in [0.717, 1.165) is 21.5 Å². The van der Waals surface area contributed by atoms with Gasteiger partial charge >= 0.3 is 5.63 Å². The van der Waals surface area contributed by atoms with Gasteiger partial charge in [-0.05, 0) is 48.5 Å². The van der Waals surface area contributed by atoms with Gasteiger partial charge in [0.25, 0.3) is 0 Å². The van der Waals surface area contributed by atoms with Crippen LogP contribution in [0.25, 0.3) is 32.8 Å². The third kappa shape index (κ3) is 3.92. The van der Waals surface area contributed by atoms with Crippen LogP contribution in [0.2, 0.25) is 5.02 Å². The average molecular weight is 448 g/mol. The van der Waals surface area contributed by atoms with Crippen LogP contribution < -0.4 is 5.63 Å². The molecule has 0 fully saturated rings. The fraction of sp³-hybridized carbons (Fsp3) is 0. The van der Waals surface area contributed by atoms with E-state index >= 15 is 0 Å². The summed E-state index contributed by atoms with van der Waals surface area (Å²) in [5, 5.41) is 3.95. The molecule has 0 saturated carbocycles. The first-order chi connectivity index (χ1) is 14.7. The van der Waals surface area contributed by atoms with Crippen LogP contribution in [0.15, 0.2) is 103 Å². The molecule has 30 heavy (non-hydrogen) atoms. The van der Waals surface area contributed by atoms with Crippen molar-refractivity contribution in [3.05, 3.63) is 99.7 Å². The summed E-state index contributed by atoms with van der Waals surface area (Å²) in [6.07, 6.45) is 0. The highest BCUT2D eigenvalue weighted by molar-refractivity contribution is 7.99. The van der Waals surface area contributed by atoms with Crippen LogP contribution in [0.5, 0.6) is 0 Å². The Morgan fingerprint density at radius 2 is 1.67 bits per heavy atom. The maximum atomic E-state index is 12.4. The molecule has 5 aromatic rings. The Bertz CT molecular complexity index is 1390. The van der Waals surface area contributed by atoms with E-state index in [2.05, 4.69) is 29.2 Å². The minimum absolute atomic E-state index is 0.402. The molecular weight excluding hydrogens is 434 g/mol. The lowest BCUT2D eigenvalue weighted by Gasteiger charge is -2.03. The minimum Gasteiger partial charge on any atom is -0.422 e. The second-order valence-corrected chi connectivity index (χ2v) is 9.05. The molecule has 2 heterocycles. The first-order valence-electron chi connectivity index (χ1n) is 9.18. The van der Waals surface area contributed by atoms with Crippen LogP contribution in [0.1, 0.15) is 0 Å². The lowest BCUT2D eigenvalue weighted by molar-refractivity contribution is 0.563. The largest absolute Gasteiger partial charge is 0.422 e. The van der Waals surface area contributed by atoms with E-state index in [1.165, 1.54) is 16.2 Å². The van der Waals surface area contributed by atoms with Crippen LogP contribution in [0.3, 0.4) is 0 Å². The summed E-state index contributed by atoms with van der Waals surface area (Å²) in [6.45, 7) is 0. The molecule has 0 aliphatic carbocycles. The highest BCUT2D eigenvalue weighted by atomic mass is 35.5. The van der Waals surface area contributed by atoms with Crippen molar-refractivity contribution in [3.8, 4) is 21.8 Å². The molecule has 0 amide bonds. The summed E-state index contributed by atoms with van der Waals surface area (Å²) in [5.41, 5.74) is 2.38. The Balaban J connectivity index is 1.43. The molecule has 146 valence electrons. The smallest absolute Gasteiger partial charge is 0.346 e. The average Bonchev–Trinajstić information content (AvgIpc) is 3.25. The van der Waals surface area contributed by atoms with Crippen molar-refractivity contribution >= 4 is 45.7 Å². The van der Waals surface area contributed by atoms with Crippen LogP contribution in [0, 0.1) is 0 Å². The highest BCUT2D eigenvalue weighted by Gasteiger charge is 2.13. The van der Waals surface area contributed by atoms with E-state index in [-0.39, 0.29) is 0 Å². The van der Waals surface area contributed by atoms with Gasteiger partial charge in [-0.15, -0.1) is 11.3 Å². The van der Waals surface area contributed by atoms with Crippen molar-refractivity contribution in [3.63, 3.8) is 0 Å². The van der Waals surface area contributed by atoms with Crippen molar-refractivity contribution in [2.75, 3.05) is 0 Å². The molecule has 0 bridgehead atoms. The molecule has 0 aliphatic heterocycles. The molecule has 3 nitrogen and oxygen atoms in total. The third-order valence-corrected chi connectivity index (χ3v) is 6.68. The van der Waals surface area contributed by atoms with Gasteiger partial charge in [-0.1, -0.05) is 53.7 Å². The molecule has 0 N–H and O–H groups in total. The maximum Gasteiger partial charge on any atom is 0.346 e. The van der Waals surface area contributed by atoms with Crippen LogP contribution in [0.4, 0.5) is 0 Å². The van der Waals surface area contributed by atoms with Crippen molar-refractivity contribution in [1.82, 2.24) is 4.98 Å². The van der Waals surface area contributed by atoms with Gasteiger partial charge in [-0.25, -0.2) is 9.78 Å². The zero-order valence-electron chi connectivity index (χ0n) is 15.5. The summed E-state index contributed by atoms with van der Waals surface area (Å²) in [4.78, 5) is 19.5. The van der Waals surface area contributed by atoms with Crippen LogP contribution >= 0.6 is 34.7 Å². The molecular formula is C24H14ClNO2S2. The van der Waals surface area contributed by atoms with Crippen LogP contribution in [-0.4, -0.2) is 4.98 Å². The Morgan fingerprint density at radius 1 is 0.900 bits per heavy atom. The number of hydrogen-bond acceptors (Lipinski definition) is 5. The second kappa shape index (κ2) is 8.11. The molecule has 0 unspecified atom stereocenters. The lowest BCUT2D eigenvalue weighted by atomic mass is 10.1. The number of aromatic nitrogens is 1. The number of fused-ring (bicyclic) bond motifs is 1. The summed E-state index contributed by atoms with van der Waals surface area (Å²) in [7, 11) is 0. The lowest BCUT2D eigenvalue weighted by Crippen LogP contribution is -2.02. The Kier molecular flexibility index (Phi) is 5.17. The normalized spacial score (nSPS) is 11.1. The number of rotatable bonds is 4. The quantitative estimate of drug-likeness (QED) is 0.269. The molecule has 0 spiro atoms. The van der Waals surface area contributed by atoms with Gasteiger partial charge in [-0.2, -0.15) is 0 Å². The van der Waals surface area contributed by atoms with E-state index in [0.29, 0.717) is 21.2 Å². The standard InChI is InChI=1S/C24H14ClNO2S2/c25-17-8-11-22-16(12-17)13-20(24(27)28-22)23-26-21(14-29-23)15-6-9-19(10-7-15)30-18-4-2-1-3-5-18/h1-14H. The maximum absolute atomic E-state index is 12.4. The zero-order valence-corrected chi connectivity index (χ0v) is 17.9. The minimum atomic E-state index is -0.402. The number of hydrogen-bond donors (Lipinski definition) is 0. The molecule has 0 radical (unpaired) electrons. The van der Waals surface area contributed by atoms with E-state index in [9.17, 15) is 4.79 Å². The first-order valence-corrected chi connectivity index (χ1v) is 11.3. The number of nitrogens with zero attached hydrogens (tertiary/aromatic N) is 1. The molecule has 6 heteroatoms. The number of benzene rings is 3. The molecule has 2 aromatic heterocycles. The van der Waals surface area contributed by atoms with Gasteiger partial charge in [0.15, 0.2) is 0 Å². The summed E-state index contributed by atoms with van der Waals surface area (Å²) in [6, 6.07) is 25.5. The first kappa shape index (κ1) is 19.1. The predicted molar refractivity (Wildman–Crippen MR) is 125 cm³/mol. The summed E-state index contributed by atoms with van der Waals surface area (Å²) >= 11 is 9.21. The number of thiazole rings is 1. The second-order valence-electron chi connectivity index (χ2n) is 6.61. The topological polar surface area (TPSA) is 43.1 Å². The van der Waals surface area contributed by atoms with Crippen LogP contribution in [-0.2, 0) is 0 Å².